The minimum Gasteiger partial charge on any atom is -0.479 e. The van der Waals surface area contributed by atoms with Crippen molar-refractivity contribution < 1.29 is 24.2 Å². The van der Waals surface area contributed by atoms with Crippen molar-refractivity contribution in [2.45, 2.75) is 6.10 Å². The summed E-state index contributed by atoms with van der Waals surface area (Å²) < 4.78 is 6.08. The zero-order valence-corrected chi connectivity index (χ0v) is 11.2. The number of rotatable bonds is 4. The normalized spacial score (nSPS) is 12.3. The molecule has 7 heteroatoms. The maximum atomic E-state index is 11.7. The molecule has 1 aromatic carbocycles. The van der Waals surface area contributed by atoms with Crippen LogP contribution < -0.4 is 5.32 Å². The number of carbonyl (C=O) groups is 2. The van der Waals surface area contributed by atoms with Crippen LogP contribution in [0.2, 0.25) is 0 Å². The van der Waals surface area contributed by atoms with E-state index in [-0.39, 0.29) is 12.3 Å². The molecule has 0 aliphatic heterocycles. The van der Waals surface area contributed by atoms with Crippen molar-refractivity contribution in [1.82, 2.24) is 5.32 Å². The van der Waals surface area contributed by atoms with Crippen molar-refractivity contribution in [3.63, 3.8) is 0 Å². The van der Waals surface area contributed by atoms with Crippen LogP contribution in [-0.4, -0.2) is 34.7 Å². The average Bonchev–Trinajstić information content (AvgIpc) is 2.80. The van der Waals surface area contributed by atoms with Crippen molar-refractivity contribution >= 4 is 38.8 Å². The molecule has 0 radical (unpaired) electrons. The lowest BCUT2D eigenvalue weighted by Crippen LogP contribution is -2.36. The summed E-state index contributed by atoms with van der Waals surface area (Å²) in [5, 5.41) is 20.6. The number of aliphatic carboxylic acids is 1. The second-order valence-corrected chi connectivity index (χ2v) is 4.69. The van der Waals surface area contributed by atoms with Gasteiger partial charge in [-0.25, -0.2) is 4.79 Å². The van der Waals surface area contributed by atoms with E-state index in [1.165, 1.54) is 0 Å². The van der Waals surface area contributed by atoms with Crippen LogP contribution in [0.4, 0.5) is 0 Å². The Morgan fingerprint density at radius 3 is 2.79 bits per heavy atom. The first-order chi connectivity index (χ1) is 8.99. The molecule has 1 aromatic heterocycles. The Hall–Kier alpha value is -1.86. The summed E-state index contributed by atoms with van der Waals surface area (Å²) in [5.74, 6) is -1.92. The largest absolute Gasteiger partial charge is 0.479 e. The van der Waals surface area contributed by atoms with Gasteiger partial charge in [-0.1, -0.05) is 12.1 Å². The number of aliphatic hydroxyl groups excluding tert-OH is 1. The summed E-state index contributed by atoms with van der Waals surface area (Å²) in [6.07, 6.45) is -1.64. The summed E-state index contributed by atoms with van der Waals surface area (Å²) >= 11 is 3.30. The maximum Gasteiger partial charge on any atom is 0.334 e. The third kappa shape index (κ3) is 2.94. The van der Waals surface area contributed by atoms with E-state index in [2.05, 4.69) is 21.2 Å². The number of nitrogens with one attached hydrogen (secondary N) is 1. The minimum absolute atomic E-state index is 0.0551. The van der Waals surface area contributed by atoms with Gasteiger partial charge in [0, 0.05) is 5.39 Å². The molecule has 19 heavy (non-hydrogen) atoms. The van der Waals surface area contributed by atoms with Crippen LogP contribution in [0.15, 0.2) is 33.2 Å². The molecule has 0 aliphatic carbocycles. The van der Waals surface area contributed by atoms with Gasteiger partial charge in [-0.15, -0.1) is 0 Å². The van der Waals surface area contributed by atoms with E-state index in [0.29, 0.717) is 5.58 Å². The molecule has 100 valence electrons. The molecule has 0 fully saturated rings. The van der Waals surface area contributed by atoms with Crippen molar-refractivity contribution in [1.29, 1.82) is 0 Å². The van der Waals surface area contributed by atoms with Crippen LogP contribution in [0.25, 0.3) is 11.0 Å². The standard InChI is InChI=1S/C12H10BrNO5/c13-7-3-1-2-6-4-9(19-10(6)7)11(16)14-5-8(15)12(17)18/h1-4,8,15H,5H2,(H,14,16)(H,17,18)/t8-/m0/s1. The van der Waals surface area contributed by atoms with Gasteiger partial charge in [0.2, 0.25) is 0 Å². The summed E-state index contributed by atoms with van der Waals surface area (Å²) in [7, 11) is 0. The Balaban J connectivity index is 2.14. The van der Waals surface area contributed by atoms with Crippen molar-refractivity contribution in [3.05, 3.63) is 34.5 Å². The van der Waals surface area contributed by atoms with E-state index in [1.807, 2.05) is 0 Å². The van der Waals surface area contributed by atoms with Gasteiger partial charge >= 0.3 is 5.97 Å². The summed E-state index contributed by atoms with van der Waals surface area (Å²) in [4.78, 5) is 22.1. The van der Waals surface area contributed by atoms with Gasteiger partial charge in [-0.2, -0.15) is 0 Å². The predicted molar refractivity (Wildman–Crippen MR) is 69.9 cm³/mol. The van der Waals surface area contributed by atoms with E-state index < -0.39 is 18.0 Å². The Morgan fingerprint density at radius 2 is 2.16 bits per heavy atom. The number of carboxylic acids is 1. The predicted octanol–water partition coefficient (Wildman–Crippen LogP) is 1.37. The van der Waals surface area contributed by atoms with E-state index >= 15 is 0 Å². The number of halogens is 1. The highest BCUT2D eigenvalue weighted by atomic mass is 79.9. The highest BCUT2D eigenvalue weighted by Crippen LogP contribution is 2.26. The Bertz CT molecular complexity index is 636. The SMILES string of the molecule is O=C(NC[C@H](O)C(=O)O)c1cc2cccc(Br)c2o1. The molecule has 0 unspecified atom stereocenters. The average molecular weight is 328 g/mol. The Morgan fingerprint density at radius 1 is 1.42 bits per heavy atom. The second kappa shape index (κ2) is 5.41. The molecule has 0 bridgehead atoms. The number of amides is 1. The lowest BCUT2D eigenvalue weighted by Gasteiger charge is -2.05. The van der Waals surface area contributed by atoms with Gasteiger partial charge in [-0.3, -0.25) is 4.79 Å². The lowest BCUT2D eigenvalue weighted by molar-refractivity contribution is -0.146. The van der Waals surface area contributed by atoms with Crippen LogP contribution in [0.1, 0.15) is 10.6 Å². The van der Waals surface area contributed by atoms with Crippen LogP contribution in [0.5, 0.6) is 0 Å². The summed E-state index contributed by atoms with van der Waals surface area (Å²) in [6, 6.07) is 6.91. The van der Waals surface area contributed by atoms with Gasteiger partial charge in [0.1, 0.15) is 5.58 Å². The first kappa shape index (κ1) is 13.6. The number of benzene rings is 1. The second-order valence-electron chi connectivity index (χ2n) is 3.83. The fourth-order valence-corrected chi connectivity index (χ4v) is 1.97. The Kier molecular flexibility index (Phi) is 3.87. The molecule has 1 atom stereocenters. The lowest BCUT2D eigenvalue weighted by atomic mass is 10.2. The van der Waals surface area contributed by atoms with Crippen molar-refractivity contribution in [2.75, 3.05) is 6.54 Å². The summed E-state index contributed by atoms with van der Waals surface area (Å²) in [6.45, 7) is -0.383. The van der Waals surface area contributed by atoms with Gasteiger partial charge in [0.05, 0.1) is 11.0 Å². The number of carboxylic acid groups (broad SMARTS) is 1. The molecular weight excluding hydrogens is 318 g/mol. The summed E-state index contributed by atoms with van der Waals surface area (Å²) in [5.41, 5.74) is 0.534. The van der Waals surface area contributed by atoms with Gasteiger partial charge in [-0.05, 0) is 28.1 Å². The smallest absolute Gasteiger partial charge is 0.334 e. The monoisotopic (exact) mass is 327 g/mol. The number of hydrogen-bond acceptors (Lipinski definition) is 4. The van der Waals surface area contributed by atoms with Crippen LogP contribution in [-0.2, 0) is 4.79 Å². The molecule has 1 amide bonds. The number of carbonyl (C=O) groups excluding carboxylic acids is 1. The number of para-hydroxylation sites is 1. The first-order valence-corrected chi connectivity index (χ1v) is 6.15. The molecule has 0 saturated heterocycles. The maximum absolute atomic E-state index is 11.7. The molecular formula is C12H10BrNO5. The van der Waals surface area contributed by atoms with Crippen molar-refractivity contribution in [3.8, 4) is 0 Å². The fraction of sp³-hybridized carbons (Fsp3) is 0.167. The molecule has 0 spiro atoms. The first-order valence-electron chi connectivity index (χ1n) is 5.36. The van der Waals surface area contributed by atoms with Crippen LogP contribution in [0, 0.1) is 0 Å². The van der Waals surface area contributed by atoms with E-state index in [1.54, 1.807) is 24.3 Å². The highest BCUT2D eigenvalue weighted by molar-refractivity contribution is 9.10. The molecule has 3 N–H and O–H groups in total. The third-order valence-electron chi connectivity index (χ3n) is 2.46. The van der Waals surface area contributed by atoms with E-state index in [0.717, 1.165) is 9.86 Å². The number of aliphatic hydroxyl groups is 1. The topological polar surface area (TPSA) is 99.8 Å². The van der Waals surface area contributed by atoms with Gasteiger partial charge in [0.15, 0.2) is 11.9 Å². The van der Waals surface area contributed by atoms with Crippen LogP contribution in [0.3, 0.4) is 0 Å². The van der Waals surface area contributed by atoms with Crippen LogP contribution >= 0.6 is 15.9 Å². The molecule has 1 heterocycles. The number of fused-ring (bicyclic) bond motifs is 1. The zero-order valence-electron chi connectivity index (χ0n) is 9.59. The molecule has 2 rings (SSSR count). The zero-order chi connectivity index (χ0) is 14.0. The minimum atomic E-state index is -1.64. The number of furan rings is 1. The van der Waals surface area contributed by atoms with Gasteiger partial charge < -0.3 is 19.9 Å². The third-order valence-corrected chi connectivity index (χ3v) is 3.09. The quantitative estimate of drug-likeness (QED) is 0.787. The molecule has 0 saturated carbocycles. The van der Waals surface area contributed by atoms with Crippen molar-refractivity contribution in [2.24, 2.45) is 0 Å². The Labute approximate surface area is 116 Å². The number of hydrogen-bond donors (Lipinski definition) is 3. The van der Waals surface area contributed by atoms with E-state index in [4.69, 9.17) is 14.6 Å². The molecule has 0 aliphatic rings. The van der Waals surface area contributed by atoms with E-state index in [9.17, 15) is 9.59 Å². The highest BCUT2D eigenvalue weighted by Gasteiger charge is 2.17. The van der Waals surface area contributed by atoms with Gasteiger partial charge in [0.25, 0.3) is 5.91 Å². The molecule has 2 aromatic rings. The fourth-order valence-electron chi connectivity index (χ4n) is 1.50. The molecule has 6 nitrogen and oxygen atoms in total.